The lowest BCUT2D eigenvalue weighted by atomic mass is 9.85. The molecule has 4 heterocycles. The molecule has 11 aromatic rings. The lowest BCUT2D eigenvalue weighted by Gasteiger charge is -2.31. The van der Waals surface area contributed by atoms with E-state index in [0.717, 1.165) is 22.7 Å². The maximum Gasteiger partial charge on any atom is 0.134 e. The van der Waals surface area contributed by atoms with Crippen molar-refractivity contribution in [3.63, 3.8) is 0 Å². The molecule has 0 saturated heterocycles. The summed E-state index contributed by atoms with van der Waals surface area (Å²) in [4.78, 5) is 2.55. The van der Waals surface area contributed by atoms with Gasteiger partial charge in [0.05, 0.1) is 39.7 Å². The van der Waals surface area contributed by atoms with Gasteiger partial charge in [-0.2, -0.15) is 0 Å². The van der Waals surface area contributed by atoms with E-state index < -0.39 is 0 Å². The molecule has 0 saturated carbocycles. The summed E-state index contributed by atoms with van der Waals surface area (Å²) in [5.74, 6) is 1.12. The molecule has 2 unspecified atom stereocenters. The summed E-state index contributed by atoms with van der Waals surface area (Å²) in [6, 6.07) is 68.4. The highest BCUT2D eigenvalue weighted by Gasteiger charge is 2.44. The molecule has 0 spiro atoms. The number of hydrogen-bond acceptors (Lipinski definition) is 2. The fourth-order valence-electron chi connectivity index (χ4n) is 10.4. The van der Waals surface area contributed by atoms with Gasteiger partial charge in [0.15, 0.2) is 0 Å². The van der Waals surface area contributed by atoms with Crippen molar-refractivity contribution in [2.24, 2.45) is 0 Å². The van der Waals surface area contributed by atoms with Crippen LogP contribution in [-0.4, -0.2) is 15.2 Å². The second-order valence-corrected chi connectivity index (χ2v) is 15.6. The summed E-state index contributed by atoms with van der Waals surface area (Å²) in [5.41, 5.74) is 15.3. The van der Waals surface area contributed by atoms with Gasteiger partial charge in [-0.15, -0.1) is 0 Å². The molecule has 2 atom stereocenters. The molecular weight excluding hydrogens is 707 g/mol. The first-order chi connectivity index (χ1) is 28.8. The molecule has 0 fully saturated rings. The van der Waals surface area contributed by atoms with E-state index in [-0.39, 0.29) is 12.0 Å². The largest absolute Gasteiger partial charge is 0.460 e. The summed E-state index contributed by atoms with van der Waals surface area (Å²) in [6.07, 6.45) is 4.67. The number of para-hydroxylation sites is 7. The van der Waals surface area contributed by atoms with Crippen LogP contribution in [0.25, 0.3) is 83.2 Å². The third-order valence-corrected chi connectivity index (χ3v) is 12.7. The Labute approximate surface area is 334 Å². The summed E-state index contributed by atoms with van der Waals surface area (Å²) in [6.45, 7) is 0. The molecule has 8 aromatic carbocycles. The zero-order valence-corrected chi connectivity index (χ0v) is 31.5. The summed E-state index contributed by atoms with van der Waals surface area (Å²) >= 11 is 0. The molecule has 272 valence electrons. The van der Waals surface area contributed by atoms with Gasteiger partial charge < -0.3 is 18.5 Å². The van der Waals surface area contributed by atoms with Crippen molar-refractivity contribution < 1.29 is 4.42 Å². The van der Waals surface area contributed by atoms with Gasteiger partial charge in [-0.25, -0.2) is 0 Å². The van der Waals surface area contributed by atoms with Crippen LogP contribution in [-0.2, 0) is 0 Å². The number of furan rings is 1. The molecular formula is C54H35N3O. The highest BCUT2D eigenvalue weighted by Crippen LogP contribution is 2.55. The number of anilines is 2. The Morgan fingerprint density at radius 3 is 1.88 bits per heavy atom. The maximum absolute atomic E-state index is 6.71. The van der Waals surface area contributed by atoms with Crippen molar-refractivity contribution in [3.05, 3.63) is 211 Å². The molecule has 4 heteroatoms. The Morgan fingerprint density at radius 1 is 0.431 bits per heavy atom. The summed E-state index contributed by atoms with van der Waals surface area (Å²) < 4.78 is 11.7. The van der Waals surface area contributed by atoms with Gasteiger partial charge in [0.1, 0.15) is 11.3 Å². The fraction of sp³-hybridized carbons (Fsp3) is 0.0370. The van der Waals surface area contributed by atoms with Gasteiger partial charge in [-0.05, 0) is 60.2 Å². The Bertz CT molecular complexity index is 3490. The van der Waals surface area contributed by atoms with Crippen LogP contribution in [0.1, 0.15) is 22.8 Å². The predicted molar refractivity (Wildman–Crippen MR) is 240 cm³/mol. The average Bonchev–Trinajstić information content (AvgIpc) is 4.03. The monoisotopic (exact) mass is 741 g/mol. The molecule has 2 aliphatic rings. The SMILES string of the molecule is C1=CC2C(c3ccccc3N2c2ccccc2-c2ccccc2-n2c3ccccc3c3c2ccc2c4ccccc4n(-c4ccccc4)c23)c2oc3ccccc3c21. The molecule has 0 amide bonds. The van der Waals surface area contributed by atoms with E-state index in [4.69, 9.17) is 4.42 Å². The zero-order chi connectivity index (χ0) is 37.9. The van der Waals surface area contributed by atoms with Crippen molar-refractivity contribution in [1.82, 2.24) is 9.13 Å². The Balaban J connectivity index is 1.05. The van der Waals surface area contributed by atoms with Crippen LogP contribution >= 0.6 is 0 Å². The molecule has 1 aliphatic heterocycles. The third kappa shape index (κ3) is 4.24. The van der Waals surface area contributed by atoms with Gasteiger partial charge >= 0.3 is 0 Å². The van der Waals surface area contributed by atoms with Crippen molar-refractivity contribution in [2.45, 2.75) is 12.0 Å². The van der Waals surface area contributed by atoms with E-state index in [1.54, 1.807) is 0 Å². The normalized spacial score (nSPS) is 15.8. The first-order valence-electron chi connectivity index (χ1n) is 20.1. The molecule has 0 radical (unpaired) electrons. The smallest absolute Gasteiger partial charge is 0.134 e. The number of hydrogen-bond donors (Lipinski definition) is 0. The van der Waals surface area contributed by atoms with Crippen LogP contribution in [0.2, 0.25) is 0 Å². The highest BCUT2D eigenvalue weighted by atomic mass is 16.3. The van der Waals surface area contributed by atoms with Crippen LogP contribution in [0.3, 0.4) is 0 Å². The fourth-order valence-corrected chi connectivity index (χ4v) is 10.4. The van der Waals surface area contributed by atoms with E-state index in [1.807, 2.05) is 0 Å². The number of rotatable bonds is 4. The Morgan fingerprint density at radius 2 is 1.05 bits per heavy atom. The predicted octanol–water partition coefficient (Wildman–Crippen LogP) is 14.0. The second-order valence-electron chi connectivity index (χ2n) is 15.6. The van der Waals surface area contributed by atoms with Crippen molar-refractivity contribution in [2.75, 3.05) is 4.90 Å². The highest BCUT2D eigenvalue weighted by molar-refractivity contribution is 6.26. The first-order valence-corrected chi connectivity index (χ1v) is 20.1. The van der Waals surface area contributed by atoms with Gasteiger partial charge in [-0.3, -0.25) is 0 Å². The van der Waals surface area contributed by atoms with E-state index in [9.17, 15) is 0 Å². The minimum atomic E-state index is 0.0557. The van der Waals surface area contributed by atoms with Crippen molar-refractivity contribution >= 4 is 72.0 Å². The van der Waals surface area contributed by atoms with E-state index >= 15 is 0 Å². The zero-order valence-electron chi connectivity index (χ0n) is 31.5. The Hall–Kier alpha value is -7.56. The molecule has 13 rings (SSSR count). The summed E-state index contributed by atoms with van der Waals surface area (Å²) in [5, 5.41) is 6.16. The molecule has 0 bridgehead atoms. The molecule has 3 aromatic heterocycles. The third-order valence-electron chi connectivity index (χ3n) is 12.7. The lowest BCUT2D eigenvalue weighted by molar-refractivity contribution is 0.505. The lowest BCUT2D eigenvalue weighted by Crippen LogP contribution is -2.30. The van der Waals surface area contributed by atoms with Crippen LogP contribution in [0.5, 0.6) is 0 Å². The van der Waals surface area contributed by atoms with Gasteiger partial charge in [-0.1, -0.05) is 146 Å². The van der Waals surface area contributed by atoms with Crippen LogP contribution in [0, 0.1) is 0 Å². The van der Waals surface area contributed by atoms with E-state index in [2.05, 4.69) is 214 Å². The second kappa shape index (κ2) is 12.0. The van der Waals surface area contributed by atoms with Crippen molar-refractivity contribution in [3.8, 4) is 22.5 Å². The van der Waals surface area contributed by atoms with E-state index in [0.29, 0.717) is 0 Å². The number of aromatic nitrogens is 2. The van der Waals surface area contributed by atoms with Crippen LogP contribution < -0.4 is 4.90 Å². The average molecular weight is 742 g/mol. The molecule has 0 N–H and O–H groups in total. The summed E-state index contributed by atoms with van der Waals surface area (Å²) in [7, 11) is 0. The molecule has 58 heavy (non-hydrogen) atoms. The minimum absolute atomic E-state index is 0.0557. The number of benzene rings is 8. The minimum Gasteiger partial charge on any atom is -0.460 e. The van der Waals surface area contributed by atoms with Gasteiger partial charge in [0.2, 0.25) is 0 Å². The van der Waals surface area contributed by atoms with Gasteiger partial charge in [0.25, 0.3) is 0 Å². The standard InChI is InChI=1S/C54H35N3O/c1-2-16-34(17-3-1)55-43-24-10-6-20-37(43)39-30-32-48-51(53(39)55)41-22-7-13-27-46(41)56(48)44-25-11-4-18-35(44)36-19-5-12-26-45(36)57-47-28-14-8-23-42(47)52-49(57)33-31-40-38-21-9-15-29-50(38)58-54(40)52/h1-33,49,52H. The maximum atomic E-state index is 6.71. The van der Waals surface area contributed by atoms with E-state index in [1.165, 1.54) is 82.6 Å². The molecule has 4 nitrogen and oxygen atoms in total. The quantitative estimate of drug-likeness (QED) is 0.180. The van der Waals surface area contributed by atoms with Crippen molar-refractivity contribution in [1.29, 1.82) is 0 Å². The number of nitrogens with zero attached hydrogens (tertiary/aromatic N) is 3. The first kappa shape index (κ1) is 31.6. The topological polar surface area (TPSA) is 26.2 Å². The molecule has 1 aliphatic carbocycles. The van der Waals surface area contributed by atoms with Gasteiger partial charge in [0, 0.05) is 60.7 Å². The Kier molecular flexibility index (Phi) is 6.53. The van der Waals surface area contributed by atoms with Crippen LogP contribution in [0.4, 0.5) is 11.4 Å². The van der Waals surface area contributed by atoms with Crippen LogP contribution in [0.15, 0.2) is 199 Å². The number of fused-ring (bicyclic) bond motifs is 14.